The van der Waals surface area contributed by atoms with Crippen LogP contribution in [0.1, 0.15) is 57.3 Å². The monoisotopic (exact) mass is 335 g/mol. The summed E-state index contributed by atoms with van der Waals surface area (Å²) in [5.41, 5.74) is 7.23. The van der Waals surface area contributed by atoms with Crippen molar-refractivity contribution in [3.63, 3.8) is 0 Å². The molecule has 0 bridgehead atoms. The molecular formula is C13H20BrF2N3. The highest BCUT2D eigenvalue weighted by Gasteiger charge is 2.38. The Labute approximate surface area is 120 Å². The summed E-state index contributed by atoms with van der Waals surface area (Å²) < 4.78 is 29.1. The van der Waals surface area contributed by atoms with Gasteiger partial charge in [0.05, 0.1) is 22.4 Å². The van der Waals surface area contributed by atoms with Gasteiger partial charge < -0.3 is 5.73 Å². The highest BCUT2D eigenvalue weighted by atomic mass is 79.9. The first-order chi connectivity index (χ1) is 8.82. The molecule has 0 saturated heterocycles. The second kappa shape index (κ2) is 5.48. The Balaban J connectivity index is 2.16. The summed E-state index contributed by atoms with van der Waals surface area (Å²) in [4.78, 5) is 0. The van der Waals surface area contributed by atoms with E-state index in [9.17, 15) is 8.78 Å². The number of nitrogens with zero attached hydrogens (tertiary/aromatic N) is 2. The van der Waals surface area contributed by atoms with E-state index in [0.29, 0.717) is 12.8 Å². The molecule has 1 aliphatic carbocycles. The minimum Gasteiger partial charge on any atom is -0.322 e. The average Bonchev–Trinajstić information content (AvgIpc) is 2.70. The van der Waals surface area contributed by atoms with Gasteiger partial charge in [-0.05, 0) is 48.5 Å². The Kier molecular flexibility index (Phi) is 4.30. The second-order valence-electron chi connectivity index (χ2n) is 5.64. The van der Waals surface area contributed by atoms with Gasteiger partial charge in [-0.2, -0.15) is 5.10 Å². The van der Waals surface area contributed by atoms with Crippen LogP contribution in [0, 0.1) is 5.92 Å². The smallest absolute Gasteiger partial charge is 0.248 e. The summed E-state index contributed by atoms with van der Waals surface area (Å²) in [6.45, 7) is 4.06. The van der Waals surface area contributed by atoms with Gasteiger partial charge in [0.2, 0.25) is 5.92 Å². The molecule has 1 aromatic rings. The van der Waals surface area contributed by atoms with Gasteiger partial charge in [0.1, 0.15) is 0 Å². The molecule has 0 aliphatic heterocycles. The van der Waals surface area contributed by atoms with Crippen LogP contribution in [0.3, 0.4) is 0 Å². The molecule has 0 amide bonds. The molecule has 1 heterocycles. The molecule has 1 aliphatic rings. The zero-order valence-electron chi connectivity index (χ0n) is 11.2. The number of aromatic nitrogens is 2. The van der Waals surface area contributed by atoms with Crippen LogP contribution < -0.4 is 5.73 Å². The third kappa shape index (κ3) is 3.16. The van der Waals surface area contributed by atoms with E-state index in [1.54, 1.807) is 6.20 Å². The first-order valence-corrected chi connectivity index (χ1v) is 7.47. The zero-order valence-corrected chi connectivity index (χ0v) is 12.8. The number of alkyl halides is 2. The van der Waals surface area contributed by atoms with Crippen molar-refractivity contribution in [1.82, 2.24) is 9.78 Å². The van der Waals surface area contributed by atoms with Gasteiger partial charge in [-0.15, -0.1) is 0 Å². The summed E-state index contributed by atoms with van der Waals surface area (Å²) in [7, 11) is 0. The summed E-state index contributed by atoms with van der Waals surface area (Å²) in [5.74, 6) is -2.41. The molecule has 0 spiro atoms. The molecule has 1 fully saturated rings. The Morgan fingerprint density at radius 3 is 2.53 bits per heavy atom. The largest absolute Gasteiger partial charge is 0.322 e. The summed E-state index contributed by atoms with van der Waals surface area (Å²) in [6, 6.07) is -0.0345. The third-order valence-electron chi connectivity index (χ3n) is 3.86. The van der Waals surface area contributed by atoms with Crippen molar-refractivity contribution in [3.05, 3.63) is 16.4 Å². The summed E-state index contributed by atoms with van der Waals surface area (Å²) >= 11 is 3.46. The van der Waals surface area contributed by atoms with Crippen LogP contribution in [-0.2, 0) is 0 Å². The van der Waals surface area contributed by atoms with Crippen LogP contribution in [0.2, 0.25) is 0 Å². The van der Waals surface area contributed by atoms with E-state index in [4.69, 9.17) is 5.73 Å². The van der Waals surface area contributed by atoms with E-state index < -0.39 is 5.92 Å². The van der Waals surface area contributed by atoms with Crippen molar-refractivity contribution in [2.24, 2.45) is 11.7 Å². The fraction of sp³-hybridized carbons (Fsp3) is 0.769. The highest BCUT2D eigenvalue weighted by molar-refractivity contribution is 9.10. The second-order valence-corrected chi connectivity index (χ2v) is 6.49. The lowest BCUT2D eigenvalue weighted by Crippen LogP contribution is -2.32. The van der Waals surface area contributed by atoms with Crippen LogP contribution in [0.5, 0.6) is 0 Å². The topological polar surface area (TPSA) is 43.8 Å². The minimum atomic E-state index is -2.51. The van der Waals surface area contributed by atoms with Gasteiger partial charge in [-0.3, -0.25) is 4.68 Å². The van der Waals surface area contributed by atoms with Crippen molar-refractivity contribution < 1.29 is 8.78 Å². The normalized spacial score (nSPS) is 21.8. The Bertz CT molecular complexity index is 435. The summed E-state index contributed by atoms with van der Waals surface area (Å²) in [5, 5.41) is 4.30. The van der Waals surface area contributed by atoms with E-state index in [-0.39, 0.29) is 30.8 Å². The minimum absolute atomic E-state index is 0.0567. The van der Waals surface area contributed by atoms with Crippen LogP contribution in [0.4, 0.5) is 8.78 Å². The molecule has 1 saturated carbocycles. The predicted molar refractivity (Wildman–Crippen MR) is 74.1 cm³/mol. The molecule has 0 aromatic carbocycles. The van der Waals surface area contributed by atoms with E-state index in [0.717, 1.165) is 10.2 Å². The fourth-order valence-corrected chi connectivity index (χ4v) is 3.26. The number of hydrogen-bond acceptors (Lipinski definition) is 2. The number of rotatable bonds is 3. The number of halogens is 3. The van der Waals surface area contributed by atoms with Gasteiger partial charge >= 0.3 is 0 Å². The molecule has 1 atom stereocenters. The summed E-state index contributed by atoms with van der Waals surface area (Å²) in [6.07, 6.45) is 2.57. The van der Waals surface area contributed by atoms with E-state index >= 15 is 0 Å². The molecule has 19 heavy (non-hydrogen) atoms. The van der Waals surface area contributed by atoms with Gasteiger partial charge in [-0.1, -0.05) is 0 Å². The Morgan fingerprint density at radius 2 is 2.00 bits per heavy atom. The average molecular weight is 336 g/mol. The van der Waals surface area contributed by atoms with E-state index in [1.165, 1.54) is 0 Å². The molecule has 1 aromatic heterocycles. The van der Waals surface area contributed by atoms with Crippen LogP contribution >= 0.6 is 15.9 Å². The highest BCUT2D eigenvalue weighted by Crippen LogP contribution is 2.41. The standard InChI is InChI=1S/C13H20BrF2N3/c1-8(2)19-12(10(14)7-18-19)11(17)9-3-5-13(15,16)6-4-9/h7-9,11H,3-6,17H2,1-2H3. The van der Waals surface area contributed by atoms with Crippen molar-refractivity contribution in [2.75, 3.05) is 0 Å². The fourth-order valence-electron chi connectivity index (χ4n) is 2.72. The predicted octanol–water partition coefficient (Wildman–Crippen LogP) is 4.05. The van der Waals surface area contributed by atoms with Crippen molar-refractivity contribution in [3.8, 4) is 0 Å². The Hall–Kier alpha value is -0.490. The van der Waals surface area contributed by atoms with Crippen molar-refractivity contribution in [2.45, 2.75) is 57.5 Å². The molecule has 6 heteroatoms. The maximum absolute atomic E-state index is 13.2. The molecule has 3 nitrogen and oxygen atoms in total. The van der Waals surface area contributed by atoms with Crippen molar-refractivity contribution >= 4 is 15.9 Å². The molecule has 1 unspecified atom stereocenters. The zero-order chi connectivity index (χ0) is 14.2. The van der Waals surface area contributed by atoms with E-state index in [1.807, 2.05) is 18.5 Å². The van der Waals surface area contributed by atoms with Gasteiger partial charge in [0, 0.05) is 18.9 Å². The van der Waals surface area contributed by atoms with Crippen LogP contribution in [0.25, 0.3) is 0 Å². The molecular weight excluding hydrogens is 316 g/mol. The van der Waals surface area contributed by atoms with Crippen LogP contribution in [-0.4, -0.2) is 15.7 Å². The van der Waals surface area contributed by atoms with Gasteiger partial charge in [0.15, 0.2) is 0 Å². The molecule has 2 N–H and O–H groups in total. The number of hydrogen-bond donors (Lipinski definition) is 1. The lowest BCUT2D eigenvalue weighted by Gasteiger charge is -2.32. The lowest BCUT2D eigenvalue weighted by atomic mass is 9.81. The van der Waals surface area contributed by atoms with Crippen LogP contribution in [0.15, 0.2) is 10.7 Å². The quantitative estimate of drug-likeness (QED) is 0.905. The van der Waals surface area contributed by atoms with E-state index in [2.05, 4.69) is 21.0 Å². The molecule has 2 rings (SSSR count). The lowest BCUT2D eigenvalue weighted by molar-refractivity contribution is -0.0486. The maximum atomic E-state index is 13.2. The first-order valence-electron chi connectivity index (χ1n) is 6.68. The van der Waals surface area contributed by atoms with Crippen molar-refractivity contribution in [1.29, 1.82) is 0 Å². The Morgan fingerprint density at radius 1 is 1.42 bits per heavy atom. The first kappa shape index (κ1) is 14.9. The molecule has 108 valence electrons. The SMILES string of the molecule is CC(C)n1ncc(Br)c1C(N)C1CCC(F)(F)CC1. The molecule has 0 radical (unpaired) electrons. The number of nitrogens with two attached hydrogens (primary N) is 1. The maximum Gasteiger partial charge on any atom is 0.248 e. The van der Waals surface area contributed by atoms with Gasteiger partial charge in [-0.25, -0.2) is 8.78 Å². The third-order valence-corrected chi connectivity index (χ3v) is 4.47. The van der Waals surface area contributed by atoms with Gasteiger partial charge in [0.25, 0.3) is 0 Å².